The first-order chi connectivity index (χ1) is 9.74. The Kier molecular flexibility index (Phi) is 6.19. The lowest BCUT2D eigenvalue weighted by Gasteiger charge is -2.20. The molecule has 0 aliphatic carbocycles. The lowest BCUT2D eigenvalue weighted by Crippen LogP contribution is -2.28. The Hall–Kier alpha value is -1.57. The van der Waals surface area contributed by atoms with E-state index in [1.54, 1.807) is 0 Å². The first-order valence-corrected chi connectivity index (χ1v) is 6.82. The second kappa shape index (κ2) is 7.44. The highest BCUT2D eigenvalue weighted by Crippen LogP contribution is 2.28. The molecule has 2 N–H and O–H groups in total. The zero-order chi connectivity index (χ0) is 16.0. The van der Waals surface area contributed by atoms with Crippen molar-refractivity contribution >= 4 is 11.6 Å². The van der Waals surface area contributed by atoms with Gasteiger partial charge < -0.3 is 15.5 Å². The molecule has 0 saturated heterocycles. The third-order valence-electron chi connectivity index (χ3n) is 3.11. The molecule has 0 spiro atoms. The molecule has 1 aromatic rings. The number of rotatable bonds is 7. The molecule has 21 heavy (non-hydrogen) atoms. The van der Waals surface area contributed by atoms with Crippen LogP contribution in [0.5, 0.6) is 0 Å². The molecule has 1 heterocycles. The lowest BCUT2D eigenvalue weighted by molar-refractivity contribution is -0.144. The highest BCUT2D eigenvalue weighted by Gasteiger charge is 2.35. The minimum atomic E-state index is -4.55. The van der Waals surface area contributed by atoms with Gasteiger partial charge in [-0.1, -0.05) is 0 Å². The van der Waals surface area contributed by atoms with Gasteiger partial charge in [0.15, 0.2) is 0 Å². The van der Waals surface area contributed by atoms with Gasteiger partial charge in [-0.25, -0.2) is 9.97 Å². The minimum Gasteiger partial charge on any atom is -0.373 e. The summed E-state index contributed by atoms with van der Waals surface area (Å²) in [4.78, 5) is 9.08. The van der Waals surface area contributed by atoms with E-state index in [4.69, 9.17) is 0 Å². The number of aromatic nitrogens is 2. The summed E-state index contributed by atoms with van der Waals surface area (Å²) in [5.41, 5.74) is 0. The van der Waals surface area contributed by atoms with E-state index in [0.717, 1.165) is 13.0 Å². The molecule has 0 amide bonds. The Morgan fingerprint density at radius 3 is 2.38 bits per heavy atom. The van der Waals surface area contributed by atoms with E-state index in [1.165, 1.54) is 13.1 Å². The maximum absolute atomic E-state index is 12.7. The molecule has 0 radical (unpaired) electrons. The molecule has 8 heteroatoms. The van der Waals surface area contributed by atoms with Crippen LogP contribution in [0.1, 0.15) is 26.1 Å². The van der Waals surface area contributed by atoms with Crippen LogP contribution in [-0.4, -0.2) is 48.1 Å². The van der Waals surface area contributed by atoms with Gasteiger partial charge in [-0.15, -0.1) is 0 Å². The van der Waals surface area contributed by atoms with E-state index in [2.05, 4.69) is 39.3 Å². The number of nitrogens with zero attached hydrogens (tertiary/aromatic N) is 3. The fraction of sp³-hybridized carbons (Fsp3) is 0.692. The van der Waals surface area contributed by atoms with Crippen LogP contribution in [0, 0.1) is 0 Å². The van der Waals surface area contributed by atoms with E-state index in [9.17, 15) is 13.2 Å². The van der Waals surface area contributed by atoms with Crippen LogP contribution in [0.25, 0.3) is 0 Å². The predicted molar refractivity (Wildman–Crippen MR) is 77.5 cm³/mol. The summed E-state index contributed by atoms with van der Waals surface area (Å²) >= 11 is 0. The van der Waals surface area contributed by atoms with Crippen LogP contribution in [0.3, 0.4) is 0 Å². The third-order valence-corrected chi connectivity index (χ3v) is 3.11. The summed E-state index contributed by atoms with van der Waals surface area (Å²) in [6.07, 6.45) is -3.74. The van der Waals surface area contributed by atoms with Crippen molar-refractivity contribution in [3.63, 3.8) is 0 Å². The molecular weight excluding hydrogens is 283 g/mol. The van der Waals surface area contributed by atoms with Gasteiger partial charge in [-0.05, 0) is 33.9 Å². The van der Waals surface area contributed by atoms with Gasteiger partial charge in [0.25, 0.3) is 0 Å². The molecule has 5 nitrogen and oxygen atoms in total. The minimum absolute atomic E-state index is 0.138. The van der Waals surface area contributed by atoms with Gasteiger partial charge in [0.05, 0.1) is 0 Å². The number of alkyl halides is 3. The normalized spacial score (nSPS) is 12.0. The zero-order valence-corrected chi connectivity index (χ0v) is 12.8. The first kappa shape index (κ1) is 17.5. The Morgan fingerprint density at radius 2 is 1.86 bits per heavy atom. The van der Waals surface area contributed by atoms with Gasteiger partial charge >= 0.3 is 6.18 Å². The molecule has 120 valence electrons. The second-order valence-corrected chi connectivity index (χ2v) is 5.06. The topological polar surface area (TPSA) is 53.1 Å². The van der Waals surface area contributed by atoms with E-state index in [1.807, 2.05) is 7.05 Å². The Labute approximate surface area is 123 Å². The fourth-order valence-electron chi connectivity index (χ4n) is 1.60. The lowest BCUT2D eigenvalue weighted by atomic mass is 10.3. The molecule has 0 unspecified atom stereocenters. The number of anilines is 2. The summed E-state index contributed by atoms with van der Waals surface area (Å²) in [6, 6.07) is 1.90. The van der Waals surface area contributed by atoms with Crippen LogP contribution >= 0.6 is 0 Å². The number of hydrogen-bond donors (Lipinski definition) is 2. The van der Waals surface area contributed by atoms with Crippen molar-refractivity contribution in [1.82, 2.24) is 14.9 Å². The highest BCUT2D eigenvalue weighted by molar-refractivity contribution is 5.47. The monoisotopic (exact) mass is 305 g/mol. The molecule has 0 fully saturated rings. The van der Waals surface area contributed by atoms with Crippen molar-refractivity contribution in [1.29, 1.82) is 0 Å². The molecule has 1 rings (SSSR count). The Balaban J connectivity index is 2.62. The maximum Gasteiger partial charge on any atom is 0.451 e. The van der Waals surface area contributed by atoms with Crippen molar-refractivity contribution in [2.75, 3.05) is 37.8 Å². The number of halogens is 3. The van der Waals surface area contributed by atoms with Crippen molar-refractivity contribution in [2.24, 2.45) is 0 Å². The van der Waals surface area contributed by atoms with E-state index < -0.39 is 12.0 Å². The molecule has 0 aliphatic rings. The van der Waals surface area contributed by atoms with E-state index >= 15 is 0 Å². The summed E-state index contributed by atoms with van der Waals surface area (Å²) in [7, 11) is 3.53. The highest BCUT2D eigenvalue weighted by atomic mass is 19.4. The van der Waals surface area contributed by atoms with Crippen molar-refractivity contribution < 1.29 is 13.2 Å². The molecule has 0 saturated carbocycles. The van der Waals surface area contributed by atoms with Crippen LogP contribution in [0.4, 0.5) is 24.8 Å². The maximum atomic E-state index is 12.7. The van der Waals surface area contributed by atoms with Gasteiger partial charge in [-0.3, -0.25) is 0 Å². The summed E-state index contributed by atoms with van der Waals surface area (Å²) in [5.74, 6) is -0.829. The first-order valence-electron chi connectivity index (χ1n) is 6.82. The SMILES string of the molecule is CNc1cc(NCCCN(C)C(C)C)nc(C(F)(F)F)n1. The van der Waals surface area contributed by atoms with Gasteiger partial charge in [0, 0.05) is 25.7 Å². The fourth-order valence-corrected chi connectivity index (χ4v) is 1.60. The Bertz CT molecular complexity index is 448. The average molecular weight is 305 g/mol. The van der Waals surface area contributed by atoms with Gasteiger partial charge in [0.2, 0.25) is 5.82 Å². The van der Waals surface area contributed by atoms with Crippen molar-refractivity contribution in [2.45, 2.75) is 32.5 Å². The summed E-state index contributed by atoms with van der Waals surface area (Å²) < 4.78 is 38.0. The predicted octanol–water partition coefficient (Wildman–Crippen LogP) is 2.68. The third kappa shape index (κ3) is 5.74. The van der Waals surface area contributed by atoms with Gasteiger partial charge in [-0.2, -0.15) is 13.2 Å². The average Bonchev–Trinajstić information content (AvgIpc) is 2.41. The van der Waals surface area contributed by atoms with Crippen LogP contribution < -0.4 is 10.6 Å². The summed E-state index contributed by atoms with van der Waals surface area (Å²) in [5, 5.41) is 5.51. The number of nitrogens with one attached hydrogen (secondary N) is 2. The molecule has 0 atom stereocenters. The standard InChI is InChI=1S/C13H22F3N5/c1-9(2)21(4)7-5-6-18-11-8-10(17-3)19-12(20-11)13(14,15)16/h8-9H,5-7H2,1-4H3,(H2,17,18,19,20). The Morgan fingerprint density at radius 1 is 1.24 bits per heavy atom. The molecular formula is C13H22F3N5. The van der Waals surface area contributed by atoms with Crippen molar-refractivity contribution in [3.05, 3.63) is 11.9 Å². The largest absolute Gasteiger partial charge is 0.451 e. The number of hydrogen-bond acceptors (Lipinski definition) is 5. The van der Waals surface area contributed by atoms with E-state index in [0.29, 0.717) is 12.6 Å². The zero-order valence-electron chi connectivity index (χ0n) is 12.8. The smallest absolute Gasteiger partial charge is 0.373 e. The quantitative estimate of drug-likeness (QED) is 0.759. The summed E-state index contributed by atoms with van der Waals surface area (Å²) in [6.45, 7) is 5.59. The molecule has 1 aromatic heterocycles. The van der Waals surface area contributed by atoms with Crippen LogP contribution in [0.2, 0.25) is 0 Å². The molecule has 0 bridgehead atoms. The molecule has 0 aromatic carbocycles. The molecule has 0 aliphatic heterocycles. The van der Waals surface area contributed by atoms with Gasteiger partial charge in [0.1, 0.15) is 11.6 Å². The van der Waals surface area contributed by atoms with Crippen LogP contribution in [0.15, 0.2) is 6.07 Å². The van der Waals surface area contributed by atoms with Crippen LogP contribution in [-0.2, 0) is 6.18 Å². The van der Waals surface area contributed by atoms with E-state index in [-0.39, 0.29) is 11.6 Å². The van der Waals surface area contributed by atoms with Crippen molar-refractivity contribution in [3.8, 4) is 0 Å². The second-order valence-electron chi connectivity index (χ2n) is 5.06.